The summed E-state index contributed by atoms with van der Waals surface area (Å²) in [6.45, 7) is 12.5. The lowest BCUT2D eigenvalue weighted by Gasteiger charge is -2.36. The first-order valence-corrected chi connectivity index (χ1v) is 11.5. The zero-order valence-corrected chi connectivity index (χ0v) is 16.8. The van der Waals surface area contributed by atoms with E-state index in [1.54, 1.807) is 0 Å². The number of ether oxygens (including phenoxy) is 2. The molecule has 22 heavy (non-hydrogen) atoms. The predicted octanol–water partition coefficient (Wildman–Crippen LogP) is 4.75. The molecule has 0 amide bonds. The molecule has 1 aliphatic rings. The fourth-order valence-electron chi connectivity index (χ4n) is 2.06. The predicted molar refractivity (Wildman–Crippen MR) is 95.6 cm³/mol. The van der Waals surface area contributed by atoms with Gasteiger partial charge in [-0.25, -0.2) is 0 Å². The topological polar surface area (TPSA) is 27.7 Å². The van der Waals surface area contributed by atoms with Crippen LogP contribution in [0.2, 0.25) is 18.1 Å². The summed E-state index contributed by atoms with van der Waals surface area (Å²) < 4.78 is 19.1. The van der Waals surface area contributed by atoms with Gasteiger partial charge in [0.2, 0.25) is 0 Å². The van der Waals surface area contributed by atoms with Crippen molar-refractivity contribution in [3.05, 3.63) is 34.3 Å². The van der Waals surface area contributed by atoms with E-state index in [1.807, 2.05) is 18.2 Å². The first-order valence-electron chi connectivity index (χ1n) is 7.83. The van der Waals surface area contributed by atoms with Crippen molar-refractivity contribution in [3.63, 3.8) is 0 Å². The lowest BCUT2D eigenvalue weighted by molar-refractivity contribution is -0.0624. The maximum absolute atomic E-state index is 6.22. The van der Waals surface area contributed by atoms with Crippen molar-refractivity contribution < 1.29 is 13.9 Å². The van der Waals surface area contributed by atoms with E-state index in [1.165, 1.54) is 5.56 Å². The molecule has 5 heteroatoms. The Morgan fingerprint density at radius 1 is 1.27 bits per heavy atom. The van der Waals surface area contributed by atoms with Gasteiger partial charge in [-0.05, 0) is 29.8 Å². The molecule has 0 aromatic heterocycles. The average Bonchev–Trinajstić information content (AvgIpc) is 2.86. The molecule has 1 aromatic rings. The number of hydrogen-bond acceptors (Lipinski definition) is 3. The summed E-state index contributed by atoms with van der Waals surface area (Å²) in [6.07, 6.45) is 0.631. The van der Waals surface area contributed by atoms with Crippen LogP contribution in [0.15, 0.2) is 28.7 Å². The highest BCUT2D eigenvalue weighted by Crippen LogP contribution is 2.36. The highest BCUT2D eigenvalue weighted by Gasteiger charge is 2.38. The number of hydrogen-bond donors (Lipinski definition) is 0. The monoisotopic (exact) mass is 386 g/mol. The first-order chi connectivity index (χ1) is 10.2. The van der Waals surface area contributed by atoms with Crippen LogP contribution in [0.4, 0.5) is 0 Å². The van der Waals surface area contributed by atoms with Gasteiger partial charge in [0.25, 0.3) is 0 Å². The maximum atomic E-state index is 6.22. The summed E-state index contributed by atoms with van der Waals surface area (Å²) in [5.41, 5.74) is 1.21. The number of benzene rings is 1. The summed E-state index contributed by atoms with van der Waals surface area (Å²) in [7, 11) is -1.72. The van der Waals surface area contributed by atoms with E-state index >= 15 is 0 Å². The Morgan fingerprint density at radius 2 is 1.95 bits per heavy atom. The van der Waals surface area contributed by atoms with Gasteiger partial charge in [-0.1, -0.05) is 54.9 Å². The molecule has 0 spiro atoms. The molecule has 0 radical (unpaired) electrons. The molecule has 1 saturated heterocycles. The van der Waals surface area contributed by atoms with Crippen molar-refractivity contribution in [2.75, 3.05) is 13.2 Å². The zero-order valence-electron chi connectivity index (χ0n) is 14.2. The first kappa shape index (κ1) is 18.1. The van der Waals surface area contributed by atoms with Crippen LogP contribution in [0.1, 0.15) is 26.3 Å². The Bertz CT molecular complexity index is 499. The molecule has 0 N–H and O–H groups in total. The maximum Gasteiger partial charge on any atom is 0.192 e. The Labute approximate surface area is 143 Å². The van der Waals surface area contributed by atoms with E-state index < -0.39 is 8.32 Å². The van der Waals surface area contributed by atoms with Crippen LogP contribution in [-0.2, 0) is 20.3 Å². The van der Waals surface area contributed by atoms with E-state index in [2.05, 4.69) is 55.9 Å². The molecular weight excluding hydrogens is 360 g/mol. The normalized spacial score (nSPS) is 23.0. The third kappa shape index (κ3) is 4.65. The van der Waals surface area contributed by atoms with Gasteiger partial charge in [-0.3, -0.25) is 0 Å². The third-order valence-corrected chi connectivity index (χ3v) is 9.87. The summed E-state index contributed by atoms with van der Waals surface area (Å²) in [6, 6.07) is 8.19. The fraction of sp³-hybridized carbons (Fsp3) is 0.647. The molecule has 2 rings (SSSR count). The van der Waals surface area contributed by atoms with Gasteiger partial charge in [0.05, 0.1) is 13.2 Å². The van der Waals surface area contributed by atoms with E-state index in [9.17, 15) is 0 Å². The van der Waals surface area contributed by atoms with Crippen molar-refractivity contribution in [2.45, 2.75) is 57.7 Å². The van der Waals surface area contributed by atoms with Crippen molar-refractivity contribution in [1.29, 1.82) is 0 Å². The van der Waals surface area contributed by atoms with E-state index in [0.29, 0.717) is 13.2 Å². The molecule has 1 fully saturated rings. The van der Waals surface area contributed by atoms with Crippen molar-refractivity contribution >= 4 is 24.2 Å². The minimum Gasteiger partial charge on any atom is -0.414 e. The standard InChI is InChI=1S/C17H27BrO3Si/c1-17(2,3)22(4,5)20-12-14-11-19-16(21-14)10-13-8-6-7-9-15(13)18/h6-9,14,16H,10-12H2,1-5H3/t14-,16-/m0/s1. The van der Waals surface area contributed by atoms with Crippen LogP contribution in [0, 0.1) is 0 Å². The fourth-order valence-corrected chi connectivity index (χ4v) is 3.55. The second-order valence-electron chi connectivity index (χ2n) is 7.39. The molecule has 3 nitrogen and oxygen atoms in total. The second kappa shape index (κ2) is 7.14. The molecule has 124 valence electrons. The van der Waals surface area contributed by atoms with Gasteiger partial charge in [-0.15, -0.1) is 0 Å². The summed E-state index contributed by atoms with van der Waals surface area (Å²) >= 11 is 3.57. The minimum absolute atomic E-state index is 0.0432. The van der Waals surface area contributed by atoms with Crippen molar-refractivity contribution in [1.82, 2.24) is 0 Å². The van der Waals surface area contributed by atoms with Crippen LogP contribution < -0.4 is 0 Å². The van der Waals surface area contributed by atoms with Gasteiger partial charge < -0.3 is 13.9 Å². The van der Waals surface area contributed by atoms with Crippen LogP contribution in [-0.4, -0.2) is 33.9 Å². The highest BCUT2D eigenvalue weighted by molar-refractivity contribution is 9.10. The zero-order chi connectivity index (χ0) is 16.4. The SMILES string of the molecule is CC(C)(C)[Si](C)(C)OC[C@@H]1CO[C@H](Cc2ccccc2Br)O1. The molecule has 0 aliphatic carbocycles. The van der Waals surface area contributed by atoms with Gasteiger partial charge in [0.15, 0.2) is 14.6 Å². The Morgan fingerprint density at radius 3 is 2.59 bits per heavy atom. The van der Waals surface area contributed by atoms with E-state index in [4.69, 9.17) is 13.9 Å². The van der Waals surface area contributed by atoms with E-state index in [0.717, 1.165) is 10.9 Å². The molecule has 1 heterocycles. The second-order valence-corrected chi connectivity index (χ2v) is 13.1. The molecule has 0 saturated carbocycles. The summed E-state index contributed by atoms with van der Waals surface area (Å²) in [5, 5.41) is 0.223. The van der Waals surface area contributed by atoms with E-state index in [-0.39, 0.29) is 17.4 Å². The smallest absolute Gasteiger partial charge is 0.192 e. The molecule has 0 bridgehead atoms. The summed E-state index contributed by atoms with van der Waals surface area (Å²) in [4.78, 5) is 0. The van der Waals surface area contributed by atoms with Crippen LogP contribution in [0.25, 0.3) is 0 Å². The Kier molecular flexibility index (Phi) is 5.88. The Balaban J connectivity index is 1.82. The highest BCUT2D eigenvalue weighted by atomic mass is 79.9. The van der Waals surface area contributed by atoms with Crippen molar-refractivity contribution in [2.24, 2.45) is 0 Å². The largest absolute Gasteiger partial charge is 0.414 e. The number of halogens is 1. The van der Waals surface area contributed by atoms with Gasteiger partial charge in [0.1, 0.15) is 6.10 Å². The minimum atomic E-state index is -1.72. The molecule has 0 unspecified atom stereocenters. The van der Waals surface area contributed by atoms with Crippen molar-refractivity contribution in [3.8, 4) is 0 Å². The molecular formula is C17H27BrO3Si. The van der Waals surface area contributed by atoms with Crippen LogP contribution >= 0.6 is 15.9 Å². The van der Waals surface area contributed by atoms with Gasteiger partial charge in [-0.2, -0.15) is 0 Å². The molecule has 2 atom stereocenters. The van der Waals surface area contributed by atoms with Gasteiger partial charge in [0, 0.05) is 10.9 Å². The third-order valence-electron chi connectivity index (χ3n) is 4.59. The lowest BCUT2D eigenvalue weighted by Crippen LogP contribution is -2.43. The quantitative estimate of drug-likeness (QED) is 0.682. The van der Waals surface area contributed by atoms with Crippen LogP contribution in [0.5, 0.6) is 0 Å². The average molecular weight is 387 g/mol. The van der Waals surface area contributed by atoms with Crippen LogP contribution in [0.3, 0.4) is 0 Å². The Hall–Kier alpha value is -0.203. The van der Waals surface area contributed by atoms with Gasteiger partial charge >= 0.3 is 0 Å². The molecule has 1 aromatic carbocycles. The lowest BCUT2D eigenvalue weighted by atomic mass is 10.1. The molecule has 1 aliphatic heterocycles. The summed E-state index contributed by atoms with van der Waals surface area (Å²) in [5.74, 6) is 0. The number of rotatable bonds is 5.